The Labute approximate surface area is 133 Å². The maximum Gasteiger partial charge on any atom is 0.322 e. The van der Waals surface area contributed by atoms with Gasteiger partial charge in [0, 0.05) is 38.1 Å². The molecule has 0 saturated carbocycles. The second-order valence-electron chi connectivity index (χ2n) is 5.15. The highest BCUT2D eigenvalue weighted by molar-refractivity contribution is 6.30. The molecule has 0 aliphatic carbocycles. The molecule has 22 heavy (non-hydrogen) atoms. The highest BCUT2D eigenvalue weighted by atomic mass is 35.5. The van der Waals surface area contributed by atoms with Gasteiger partial charge in [-0.05, 0) is 12.1 Å². The summed E-state index contributed by atoms with van der Waals surface area (Å²) < 4.78 is 0. The zero-order chi connectivity index (χ0) is 15.5. The van der Waals surface area contributed by atoms with E-state index >= 15 is 0 Å². The summed E-state index contributed by atoms with van der Waals surface area (Å²) in [5, 5.41) is 3.32. The van der Waals surface area contributed by atoms with Crippen molar-refractivity contribution in [3.63, 3.8) is 0 Å². The molecule has 0 bridgehead atoms. The van der Waals surface area contributed by atoms with Crippen molar-refractivity contribution in [2.24, 2.45) is 0 Å². The topological polar surface area (TPSA) is 61.4 Å². The van der Waals surface area contributed by atoms with Gasteiger partial charge >= 0.3 is 6.03 Å². The zero-order valence-corrected chi connectivity index (χ0v) is 12.9. The summed E-state index contributed by atoms with van der Waals surface area (Å²) in [7, 11) is 1.98. The number of halogens is 1. The number of hydrogen-bond donors (Lipinski definition) is 1. The maximum absolute atomic E-state index is 12.5. The number of amides is 2. The fourth-order valence-corrected chi connectivity index (χ4v) is 2.59. The van der Waals surface area contributed by atoms with Crippen molar-refractivity contribution in [1.29, 1.82) is 0 Å². The number of carbonyl (C=O) groups excluding carboxylic acids is 1. The molecule has 0 saturated heterocycles. The first-order chi connectivity index (χ1) is 10.6. The zero-order valence-electron chi connectivity index (χ0n) is 12.2. The van der Waals surface area contributed by atoms with Crippen molar-refractivity contribution in [1.82, 2.24) is 14.9 Å². The van der Waals surface area contributed by atoms with Gasteiger partial charge in [-0.2, -0.15) is 0 Å². The molecule has 3 heterocycles. The second-order valence-corrected chi connectivity index (χ2v) is 5.59. The Balaban J connectivity index is 1.76. The van der Waals surface area contributed by atoms with Crippen LogP contribution in [-0.4, -0.2) is 41.0 Å². The molecule has 1 aliphatic rings. The van der Waals surface area contributed by atoms with Crippen LogP contribution in [-0.2, 0) is 6.54 Å². The van der Waals surface area contributed by atoms with E-state index in [1.54, 1.807) is 23.4 Å². The van der Waals surface area contributed by atoms with Crippen molar-refractivity contribution in [3.8, 4) is 0 Å². The van der Waals surface area contributed by atoms with Crippen LogP contribution in [0.5, 0.6) is 0 Å². The Morgan fingerprint density at radius 1 is 1.36 bits per heavy atom. The number of fused-ring (bicyclic) bond motifs is 1. The highest BCUT2D eigenvalue weighted by Crippen LogP contribution is 2.21. The molecule has 1 N–H and O–H groups in total. The van der Waals surface area contributed by atoms with Crippen LogP contribution in [0.15, 0.2) is 36.8 Å². The predicted molar refractivity (Wildman–Crippen MR) is 86.2 cm³/mol. The monoisotopic (exact) mass is 317 g/mol. The number of hydrogen-bond acceptors (Lipinski definition) is 4. The second kappa shape index (κ2) is 6.19. The molecule has 0 unspecified atom stereocenters. The lowest BCUT2D eigenvalue weighted by atomic mass is 10.2. The number of likely N-dealkylation sites (N-methyl/N-ethyl adjacent to an activating group) is 1. The van der Waals surface area contributed by atoms with Gasteiger partial charge in [0.15, 0.2) is 0 Å². The van der Waals surface area contributed by atoms with Gasteiger partial charge < -0.3 is 15.1 Å². The normalized spacial score (nSPS) is 14.3. The predicted octanol–water partition coefficient (Wildman–Crippen LogP) is 2.61. The van der Waals surface area contributed by atoms with Crippen LogP contribution in [0.2, 0.25) is 5.02 Å². The number of rotatable bonds is 1. The molecule has 2 aromatic rings. The summed E-state index contributed by atoms with van der Waals surface area (Å²) >= 11 is 5.88. The van der Waals surface area contributed by atoms with Crippen LogP contribution in [0.1, 0.15) is 5.56 Å². The lowest BCUT2D eigenvalue weighted by molar-refractivity contribution is 0.212. The molecule has 2 aromatic heterocycles. The third kappa shape index (κ3) is 3.12. The summed E-state index contributed by atoms with van der Waals surface area (Å²) in [4.78, 5) is 24.6. The Hall–Kier alpha value is -2.34. The van der Waals surface area contributed by atoms with E-state index in [9.17, 15) is 4.79 Å². The minimum atomic E-state index is -0.172. The molecule has 0 spiro atoms. The summed E-state index contributed by atoms with van der Waals surface area (Å²) in [6.45, 7) is 1.87. The smallest absolute Gasteiger partial charge is 0.322 e. The van der Waals surface area contributed by atoms with E-state index < -0.39 is 0 Å². The highest BCUT2D eigenvalue weighted by Gasteiger charge is 2.22. The molecule has 0 fully saturated rings. The molecule has 7 heteroatoms. The maximum atomic E-state index is 12.5. The molecule has 0 atom stereocenters. The molecule has 0 radical (unpaired) electrons. The number of carbonyl (C=O) groups is 1. The van der Waals surface area contributed by atoms with Crippen LogP contribution in [0.25, 0.3) is 0 Å². The lowest BCUT2D eigenvalue weighted by Gasteiger charge is -2.21. The van der Waals surface area contributed by atoms with E-state index in [2.05, 4.69) is 20.2 Å². The van der Waals surface area contributed by atoms with Gasteiger partial charge in [-0.1, -0.05) is 17.7 Å². The fraction of sp³-hybridized carbons (Fsp3) is 0.267. The summed E-state index contributed by atoms with van der Waals surface area (Å²) in [5.74, 6) is 0.919. The van der Waals surface area contributed by atoms with Gasteiger partial charge in [0.1, 0.15) is 5.82 Å². The van der Waals surface area contributed by atoms with Crippen LogP contribution >= 0.6 is 11.6 Å². The van der Waals surface area contributed by atoms with Gasteiger partial charge in [-0.3, -0.25) is 4.98 Å². The summed E-state index contributed by atoms with van der Waals surface area (Å²) in [5.41, 5.74) is 1.61. The first-order valence-corrected chi connectivity index (χ1v) is 7.33. The van der Waals surface area contributed by atoms with Crippen LogP contribution in [0.3, 0.4) is 0 Å². The lowest BCUT2D eigenvalue weighted by Crippen LogP contribution is -2.37. The van der Waals surface area contributed by atoms with Gasteiger partial charge in [0.2, 0.25) is 0 Å². The molecule has 1 aliphatic heterocycles. The summed E-state index contributed by atoms with van der Waals surface area (Å²) in [6, 6.07) is 5.38. The standard InChI is InChI=1S/C15H16ClN5O/c1-20-5-6-21(10-11-3-2-4-18-14(11)20)15(22)19-13-7-12(16)8-17-9-13/h2-4,7-9H,5-6,10H2,1H3,(H,19,22). The SMILES string of the molecule is CN1CCN(C(=O)Nc2cncc(Cl)c2)Cc2cccnc21. The molecule has 3 rings (SSSR count). The largest absolute Gasteiger partial charge is 0.358 e. The van der Waals surface area contributed by atoms with Crippen molar-refractivity contribution < 1.29 is 4.79 Å². The number of pyridine rings is 2. The van der Waals surface area contributed by atoms with E-state index in [1.807, 2.05) is 19.2 Å². The molecular formula is C15H16ClN5O. The summed E-state index contributed by atoms with van der Waals surface area (Å²) in [6.07, 6.45) is 4.87. The Morgan fingerprint density at radius 2 is 2.23 bits per heavy atom. The Bertz CT molecular complexity index is 693. The average Bonchev–Trinajstić information content (AvgIpc) is 2.67. The first-order valence-electron chi connectivity index (χ1n) is 6.95. The van der Waals surface area contributed by atoms with Crippen LogP contribution in [0.4, 0.5) is 16.3 Å². The first kappa shape index (κ1) is 14.6. The average molecular weight is 318 g/mol. The Kier molecular flexibility index (Phi) is 4.11. The van der Waals surface area contributed by atoms with E-state index in [0.717, 1.165) is 17.9 Å². The van der Waals surface area contributed by atoms with E-state index in [4.69, 9.17) is 11.6 Å². The number of nitrogens with zero attached hydrogens (tertiary/aromatic N) is 4. The van der Waals surface area contributed by atoms with E-state index in [0.29, 0.717) is 23.8 Å². The van der Waals surface area contributed by atoms with E-state index in [1.165, 1.54) is 6.20 Å². The van der Waals surface area contributed by atoms with Gasteiger partial charge in [0.05, 0.1) is 23.5 Å². The number of anilines is 2. The number of nitrogens with one attached hydrogen (secondary N) is 1. The molecular weight excluding hydrogens is 302 g/mol. The van der Waals surface area contributed by atoms with Crippen molar-refractivity contribution >= 4 is 29.1 Å². The van der Waals surface area contributed by atoms with Crippen molar-refractivity contribution in [3.05, 3.63) is 47.4 Å². The third-order valence-corrected chi connectivity index (χ3v) is 3.75. The van der Waals surface area contributed by atoms with Crippen molar-refractivity contribution in [2.45, 2.75) is 6.54 Å². The molecule has 114 valence electrons. The van der Waals surface area contributed by atoms with E-state index in [-0.39, 0.29) is 6.03 Å². The molecule has 2 amide bonds. The van der Waals surface area contributed by atoms with Crippen LogP contribution in [0, 0.1) is 0 Å². The molecule has 0 aromatic carbocycles. The fourth-order valence-electron chi connectivity index (χ4n) is 2.41. The number of urea groups is 1. The van der Waals surface area contributed by atoms with Gasteiger partial charge in [0.25, 0.3) is 0 Å². The quantitative estimate of drug-likeness (QED) is 0.878. The minimum Gasteiger partial charge on any atom is -0.358 e. The van der Waals surface area contributed by atoms with Crippen molar-refractivity contribution in [2.75, 3.05) is 30.4 Å². The van der Waals surface area contributed by atoms with Gasteiger partial charge in [-0.15, -0.1) is 0 Å². The van der Waals surface area contributed by atoms with Crippen LogP contribution < -0.4 is 10.2 Å². The third-order valence-electron chi connectivity index (χ3n) is 3.54. The minimum absolute atomic E-state index is 0.172. The Morgan fingerprint density at radius 3 is 3.05 bits per heavy atom. The number of aromatic nitrogens is 2. The molecule has 6 nitrogen and oxygen atoms in total. The van der Waals surface area contributed by atoms with Gasteiger partial charge in [-0.25, -0.2) is 9.78 Å².